The Hall–Kier alpha value is -0.910. The molecule has 0 unspecified atom stereocenters. The van der Waals surface area contributed by atoms with Gasteiger partial charge in [0.25, 0.3) is 0 Å². The molecule has 0 fully saturated rings. The van der Waals surface area contributed by atoms with Crippen molar-refractivity contribution >= 4 is 55.2 Å². The van der Waals surface area contributed by atoms with Gasteiger partial charge in [-0.05, 0) is 42.8 Å². The van der Waals surface area contributed by atoms with Gasteiger partial charge in [-0.1, -0.05) is 31.9 Å². The van der Waals surface area contributed by atoms with Crippen molar-refractivity contribution in [2.75, 3.05) is 0 Å². The number of aliphatic carboxylic acids is 1. The van der Waals surface area contributed by atoms with Gasteiger partial charge in [-0.2, -0.15) is 0 Å². The highest BCUT2D eigenvalue weighted by atomic mass is 79.9. The first-order valence-corrected chi connectivity index (χ1v) is 7.84. The molecule has 1 aromatic carbocycles. The highest BCUT2D eigenvalue weighted by molar-refractivity contribution is 9.11. The first-order valence-electron chi connectivity index (χ1n) is 5.44. The average molecular weight is 402 g/mol. The first-order chi connectivity index (χ1) is 8.97. The molecule has 2 rings (SSSR count). The molecule has 1 N–H and O–H groups in total. The number of thiophene rings is 1. The summed E-state index contributed by atoms with van der Waals surface area (Å²) in [6.45, 7) is 2.04. The van der Waals surface area contributed by atoms with E-state index < -0.39 is 5.97 Å². The number of benzene rings is 1. The topological polar surface area (TPSA) is 37.3 Å². The molecule has 2 nitrogen and oxygen atoms in total. The number of carboxylic acids is 1. The number of aryl methyl sites for hydroxylation is 1. The third-order valence-corrected chi connectivity index (χ3v) is 4.77. The van der Waals surface area contributed by atoms with Crippen molar-refractivity contribution in [1.82, 2.24) is 0 Å². The van der Waals surface area contributed by atoms with Crippen LogP contribution in [0.2, 0.25) is 0 Å². The molecule has 5 heteroatoms. The predicted molar refractivity (Wildman–Crippen MR) is 86.6 cm³/mol. The minimum Gasteiger partial charge on any atom is -0.478 e. The third kappa shape index (κ3) is 3.55. The van der Waals surface area contributed by atoms with E-state index in [-0.39, 0.29) is 0 Å². The highest BCUT2D eigenvalue weighted by Gasteiger charge is 2.10. The van der Waals surface area contributed by atoms with Gasteiger partial charge in [0.15, 0.2) is 0 Å². The number of hydrogen-bond donors (Lipinski definition) is 1. The van der Waals surface area contributed by atoms with Crippen LogP contribution in [0.1, 0.15) is 10.4 Å². The molecule has 0 spiro atoms. The van der Waals surface area contributed by atoms with Crippen LogP contribution >= 0.6 is 43.2 Å². The number of carboxylic acid groups (broad SMARTS) is 1. The summed E-state index contributed by atoms with van der Waals surface area (Å²) in [5, 5.41) is 8.62. The quantitative estimate of drug-likeness (QED) is 0.704. The van der Waals surface area contributed by atoms with Gasteiger partial charge in [0.1, 0.15) is 0 Å². The van der Waals surface area contributed by atoms with Crippen LogP contribution in [-0.4, -0.2) is 11.1 Å². The van der Waals surface area contributed by atoms with E-state index in [1.807, 2.05) is 19.1 Å². The minimum absolute atomic E-state index is 0.914. The Bertz CT molecular complexity index is 636. The van der Waals surface area contributed by atoms with Crippen LogP contribution < -0.4 is 0 Å². The van der Waals surface area contributed by atoms with Gasteiger partial charge in [-0.15, -0.1) is 11.3 Å². The lowest BCUT2D eigenvalue weighted by atomic mass is 10.1. The van der Waals surface area contributed by atoms with E-state index in [1.54, 1.807) is 17.4 Å². The molecule has 0 bridgehead atoms. The van der Waals surface area contributed by atoms with Crippen LogP contribution in [-0.2, 0) is 4.79 Å². The number of carbonyl (C=O) groups is 1. The van der Waals surface area contributed by atoms with E-state index in [0.717, 1.165) is 30.3 Å². The van der Waals surface area contributed by atoms with Crippen LogP contribution in [0.3, 0.4) is 0 Å². The smallest absolute Gasteiger partial charge is 0.328 e. The van der Waals surface area contributed by atoms with Gasteiger partial charge < -0.3 is 5.11 Å². The molecule has 19 heavy (non-hydrogen) atoms. The molecule has 0 saturated heterocycles. The van der Waals surface area contributed by atoms with Crippen molar-refractivity contribution in [2.24, 2.45) is 0 Å². The Morgan fingerprint density at radius 1 is 1.26 bits per heavy atom. The van der Waals surface area contributed by atoms with Gasteiger partial charge in [-0.25, -0.2) is 4.79 Å². The molecule has 0 radical (unpaired) electrons. The van der Waals surface area contributed by atoms with Gasteiger partial charge in [0.05, 0.1) is 0 Å². The zero-order valence-electron chi connectivity index (χ0n) is 9.98. The van der Waals surface area contributed by atoms with Crippen LogP contribution in [0.15, 0.2) is 39.3 Å². The third-order valence-electron chi connectivity index (χ3n) is 2.45. The Morgan fingerprint density at radius 3 is 2.47 bits per heavy atom. The van der Waals surface area contributed by atoms with Crippen LogP contribution in [0.25, 0.3) is 16.5 Å². The summed E-state index contributed by atoms with van der Waals surface area (Å²) in [5.74, 6) is -0.937. The molecule has 0 aliphatic carbocycles. The Kier molecular flexibility index (Phi) is 4.60. The number of rotatable bonds is 3. The normalized spacial score (nSPS) is 11.1. The lowest BCUT2D eigenvalue weighted by molar-refractivity contribution is -0.131. The SMILES string of the molecule is Cc1cc(Br)c(-c2ccc(/C=C/C(=O)O)s2)c(Br)c1. The van der Waals surface area contributed by atoms with Crippen LogP contribution in [0, 0.1) is 6.92 Å². The van der Waals surface area contributed by atoms with Gasteiger partial charge in [0.2, 0.25) is 0 Å². The van der Waals surface area contributed by atoms with Crippen LogP contribution in [0.4, 0.5) is 0 Å². The maximum atomic E-state index is 10.5. The molecule has 1 heterocycles. The second kappa shape index (κ2) is 6.03. The first kappa shape index (κ1) is 14.5. The van der Waals surface area contributed by atoms with Crippen molar-refractivity contribution in [1.29, 1.82) is 0 Å². The van der Waals surface area contributed by atoms with E-state index in [1.165, 1.54) is 5.56 Å². The predicted octanol–water partition coefficient (Wildman–Crippen LogP) is 5.35. The summed E-state index contributed by atoms with van der Waals surface area (Å²) >= 11 is 8.69. The van der Waals surface area contributed by atoms with E-state index >= 15 is 0 Å². The van der Waals surface area contributed by atoms with E-state index in [9.17, 15) is 4.79 Å². The lowest BCUT2D eigenvalue weighted by Crippen LogP contribution is -1.84. The molecule has 0 saturated carbocycles. The lowest BCUT2D eigenvalue weighted by Gasteiger charge is -2.06. The summed E-state index contributed by atoms with van der Waals surface area (Å²) < 4.78 is 2.05. The van der Waals surface area contributed by atoms with E-state index in [4.69, 9.17) is 5.11 Å². The summed E-state index contributed by atoms with van der Waals surface area (Å²) in [5.41, 5.74) is 2.26. The zero-order valence-corrected chi connectivity index (χ0v) is 14.0. The number of hydrogen-bond acceptors (Lipinski definition) is 2. The molecule has 0 amide bonds. The Morgan fingerprint density at radius 2 is 1.89 bits per heavy atom. The summed E-state index contributed by atoms with van der Waals surface area (Å²) in [6, 6.07) is 8.03. The highest BCUT2D eigenvalue weighted by Crippen LogP contribution is 2.39. The molecule has 0 atom stereocenters. The van der Waals surface area contributed by atoms with Gasteiger partial charge in [-0.3, -0.25) is 0 Å². The fraction of sp³-hybridized carbons (Fsp3) is 0.0714. The van der Waals surface area contributed by atoms with Crippen molar-refractivity contribution < 1.29 is 9.90 Å². The van der Waals surface area contributed by atoms with Crippen molar-refractivity contribution in [3.63, 3.8) is 0 Å². The molecule has 2 aromatic rings. The molecule has 1 aromatic heterocycles. The van der Waals surface area contributed by atoms with Crippen molar-refractivity contribution in [2.45, 2.75) is 6.92 Å². The van der Waals surface area contributed by atoms with Crippen LogP contribution in [0.5, 0.6) is 0 Å². The molecule has 0 aliphatic heterocycles. The maximum Gasteiger partial charge on any atom is 0.328 e. The summed E-state index contributed by atoms with van der Waals surface area (Å²) in [6.07, 6.45) is 2.75. The summed E-state index contributed by atoms with van der Waals surface area (Å²) in [4.78, 5) is 12.5. The standard InChI is InChI=1S/C14H10Br2O2S/c1-8-6-10(15)14(11(16)7-8)12-4-2-9(19-12)3-5-13(17)18/h2-7H,1H3,(H,17,18)/b5-3+. The fourth-order valence-corrected chi connectivity index (χ4v) is 4.75. The second-order valence-corrected chi connectivity index (χ2v) is 6.80. The maximum absolute atomic E-state index is 10.5. The van der Waals surface area contributed by atoms with E-state index in [2.05, 4.69) is 44.0 Å². The minimum atomic E-state index is -0.937. The Labute approximate surface area is 132 Å². The summed E-state index contributed by atoms with van der Waals surface area (Å²) in [7, 11) is 0. The van der Waals surface area contributed by atoms with Gasteiger partial charge in [0, 0.05) is 30.3 Å². The van der Waals surface area contributed by atoms with Gasteiger partial charge >= 0.3 is 5.97 Å². The van der Waals surface area contributed by atoms with E-state index in [0.29, 0.717) is 0 Å². The average Bonchev–Trinajstić information content (AvgIpc) is 2.73. The fourth-order valence-electron chi connectivity index (χ4n) is 1.67. The molecular formula is C14H10Br2O2S. The number of halogens is 2. The molecular weight excluding hydrogens is 392 g/mol. The second-order valence-electron chi connectivity index (χ2n) is 3.98. The monoisotopic (exact) mass is 400 g/mol. The largest absolute Gasteiger partial charge is 0.478 e. The zero-order chi connectivity index (χ0) is 14.0. The molecule has 0 aliphatic rings. The van der Waals surface area contributed by atoms with Crippen molar-refractivity contribution in [3.05, 3.63) is 49.7 Å². The Balaban J connectivity index is 2.41. The molecule has 98 valence electrons. The van der Waals surface area contributed by atoms with Crippen molar-refractivity contribution in [3.8, 4) is 10.4 Å².